The number of hydrogen-bond acceptors (Lipinski definition) is 2. The molecule has 18 heavy (non-hydrogen) atoms. The molecule has 1 saturated heterocycles. The molecule has 1 atom stereocenters. The van der Waals surface area contributed by atoms with Crippen molar-refractivity contribution in [1.82, 2.24) is 15.1 Å². The summed E-state index contributed by atoms with van der Waals surface area (Å²) in [4.78, 5) is 0. The maximum Gasteiger partial charge on any atom is 0.0648 e. The van der Waals surface area contributed by atoms with Gasteiger partial charge in [0.15, 0.2) is 0 Å². The smallest absolute Gasteiger partial charge is 0.0648 e. The monoisotopic (exact) mass is 241 g/mol. The van der Waals surface area contributed by atoms with Crippen LogP contribution in [0.3, 0.4) is 0 Å². The van der Waals surface area contributed by atoms with Crippen LogP contribution in [0, 0.1) is 5.92 Å². The zero-order valence-corrected chi connectivity index (χ0v) is 10.5. The molecule has 1 unspecified atom stereocenters. The number of hydrogen-bond donors (Lipinski definition) is 1. The lowest BCUT2D eigenvalue weighted by Crippen LogP contribution is -2.31. The third kappa shape index (κ3) is 2.46. The summed E-state index contributed by atoms with van der Waals surface area (Å²) in [5.41, 5.74) is 2.47. The Morgan fingerprint density at radius 2 is 2.11 bits per heavy atom. The Bertz CT molecular complexity index is 483. The maximum atomic E-state index is 4.45. The zero-order valence-electron chi connectivity index (χ0n) is 10.5. The van der Waals surface area contributed by atoms with Gasteiger partial charge >= 0.3 is 0 Å². The lowest BCUT2D eigenvalue weighted by atomic mass is 9.94. The van der Waals surface area contributed by atoms with Crippen LogP contribution < -0.4 is 5.32 Å². The number of piperidine rings is 1. The molecule has 0 spiro atoms. The first-order valence-corrected chi connectivity index (χ1v) is 6.72. The summed E-state index contributed by atoms with van der Waals surface area (Å²) in [6.07, 6.45) is 5.64. The van der Waals surface area contributed by atoms with Crippen molar-refractivity contribution in [3.05, 3.63) is 48.3 Å². The van der Waals surface area contributed by atoms with Gasteiger partial charge in [-0.05, 0) is 56.5 Å². The van der Waals surface area contributed by atoms with Crippen molar-refractivity contribution >= 4 is 0 Å². The van der Waals surface area contributed by atoms with Gasteiger partial charge in [-0.3, -0.25) is 0 Å². The molecule has 1 aliphatic heterocycles. The number of aromatic nitrogens is 2. The zero-order chi connectivity index (χ0) is 12.2. The van der Waals surface area contributed by atoms with E-state index in [0.29, 0.717) is 0 Å². The van der Waals surface area contributed by atoms with Crippen molar-refractivity contribution in [3.63, 3.8) is 0 Å². The molecule has 1 N–H and O–H groups in total. The van der Waals surface area contributed by atoms with Crippen molar-refractivity contribution in [2.75, 3.05) is 13.1 Å². The summed E-state index contributed by atoms with van der Waals surface area (Å²) < 4.78 is 2.06. The number of nitrogens with zero attached hydrogens (tertiary/aromatic N) is 2. The highest BCUT2D eigenvalue weighted by molar-refractivity contribution is 5.32. The van der Waals surface area contributed by atoms with Gasteiger partial charge in [-0.15, -0.1) is 0 Å². The maximum absolute atomic E-state index is 4.45. The Hall–Kier alpha value is -1.61. The highest BCUT2D eigenvalue weighted by Crippen LogP contribution is 2.18. The number of rotatable bonds is 3. The van der Waals surface area contributed by atoms with Crippen LogP contribution >= 0.6 is 0 Å². The first-order valence-electron chi connectivity index (χ1n) is 6.72. The van der Waals surface area contributed by atoms with Gasteiger partial charge < -0.3 is 5.32 Å². The van der Waals surface area contributed by atoms with E-state index < -0.39 is 0 Å². The number of para-hydroxylation sites is 1. The topological polar surface area (TPSA) is 29.9 Å². The van der Waals surface area contributed by atoms with Crippen LogP contribution in [0.5, 0.6) is 0 Å². The molecule has 3 heteroatoms. The standard InChI is InChI=1S/C15H19N3/c1-2-6-14(7-3-1)18-15(8-10-17-18)11-13-5-4-9-16-12-13/h1-3,6-8,10,13,16H,4-5,9,11-12H2. The lowest BCUT2D eigenvalue weighted by molar-refractivity contribution is 0.371. The normalized spacial score (nSPS) is 19.9. The van der Waals surface area contributed by atoms with E-state index in [1.807, 2.05) is 12.3 Å². The van der Waals surface area contributed by atoms with Crippen LogP contribution in [0.1, 0.15) is 18.5 Å². The van der Waals surface area contributed by atoms with Gasteiger partial charge in [0.2, 0.25) is 0 Å². The van der Waals surface area contributed by atoms with E-state index in [1.54, 1.807) is 0 Å². The van der Waals surface area contributed by atoms with E-state index in [1.165, 1.54) is 25.1 Å². The number of nitrogens with one attached hydrogen (secondary N) is 1. The van der Waals surface area contributed by atoms with Crippen LogP contribution in [0.15, 0.2) is 42.6 Å². The van der Waals surface area contributed by atoms with Crippen molar-refractivity contribution in [3.8, 4) is 5.69 Å². The Balaban J connectivity index is 1.79. The second kappa shape index (κ2) is 5.36. The van der Waals surface area contributed by atoms with Gasteiger partial charge in [0.1, 0.15) is 0 Å². The summed E-state index contributed by atoms with van der Waals surface area (Å²) >= 11 is 0. The van der Waals surface area contributed by atoms with Crippen molar-refractivity contribution in [1.29, 1.82) is 0 Å². The van der Waals surface area contributed by atoms with Crippen LogP contribution in [0.25, 0.3) is 5.69 Å². The molecule has 0 bridgehead atoms. The minimum atomic E-state index is 0.748. The fourth-order valence-electron chi connectivity index (χ4n) is 2.68. The van der Waals surface area contributed by atoms with E-state index in [9.17, 15) is 0 Å². The molecule has 0 saturated carbocycles. The van der Waals surface area contributed by atoms with Gasteiger partial charge in [0.05, 0.1) is 5.69 Å². The Morgan fingerprint density at radius 1 is 1.22 bits per heavy atom. The molecule has 1 fully saturated rings. The highest BCUT2D eigenvalue weighted by Gasteiger charge is 2.16. The molecule has 1 aromatic heterocycles. The van der Waals surface area contributed by atoms with E-state index in [-0.39, 0.29) is 0 Å². The molecule has 1 aromatic carbocycles. The second-order valence-corrected chi connectivity index (χ2v) is 4.99. The molecule has 0 aliphatic carbocycles. The summed E-state index contributed by atoms with van der Waals surface area (Å²) in [5.74, 6) is 0.748. The Labute approximate surface area is 108 Å². The molecule has 0 amide bonds. The fraction of sp³-hybridized carbons (Fsp3) is 0.400. The highest BCUT2D eigenvalue weighted by atomic mass is 15.3. The Morgan fingerprint density at radius 3 is 2.89 bits per heavy atom. The first kappa shape index (κ1) is 11.5. The lowest BCUT2D eigenvalue weighted by Gasteiger charge is -2.22. The summed E-state index contributed by atoms with van der Waals surface area (Å²) in [6.45, 7) is 2.31. The van der Waals surface area contributed by atoms with Crippen molar-refractivity contribution in [2.24, 2.45) is 5.92 Å². The van der Waals surface area contributed by atoms with E-state index in [0.717, 1.165) is 24.6 Å². The molecular formula is C15H19N3. The summed E-state index contributed by atoms with van der Waals surface area (Å²) in [7, 11) is 0. The molecule has 0 radical (unpaired) electrons. The third-order valence-electron chi connectivity index (χ3n) is 3.62. The van der Waals surface area contributed by atoms with Gasteiger partial charge in [-0.1, -0.05) is 18.2 Å². The summed E-state index contributed by atoms with van der Waals surface area (Å²) in [5, 5.41) is 7.93. The predicted octanol–water partition coefficient (Wildman–Crippen LogP) is 2.41. The molecule has 1 aliphatic rings. The first-order chi connectivity index (χ1) is 8.93. The SMILES string of the molecule is c1ccc(-n2nccc2CC2CCCNC2)cc1. The van der Waals surface area contributed by atoms with E-state index in [2.05, 4.69) is 45.4 Å². The minimum absolute atomic E-state index is 0.748. The van der Waals surface area contributed by atoms with Gasteiger partial charge in [0, 0.05) is 11.9 Å². The average Bonchev–Trinajstić information content (AvgIpc) is 2.89. The summed E-state index contributed by atoms with van der Waals surface area (Å²) in [6, 6.07) is 12.5. The average molecular weight is 241 g/mol. The van der Waals surface area contributed by atoms with E-state index >= 15 is 0 Å². The van der Waals surface area contributed by atoms with Gasteiger partial charge in [0.25, 0.3) is 0 Å². The van der Waals surface area contributed by atoms with Gasteiger partial charge in [-0.25, -0.2) is 4.68 Å². The largest absolute Gasteiger partial charge is 0.316 e. The van der Waals surface area contributed by atoms with Crippen molar-refractivity contribution < 1.29 is 0 Å². The molecule has 94 valence electrons. The van der Waals surface area contributed by atoms with Crippen LogP contribution in [0.2, 0.25) is 0 Å². The molecular weight excluding hydrogens is 222 g/mol. The van der Waals surface area contributed by atoms with Crippen LogP contribution in [0.4, 0.5) is 0 Å². The van der Waals surface area contributed by atoms with Crippen LogP contribution in [-0.4, -0.2) is 22.9 Å². The second-order valence-electron chi connectivity index (χ2n) is 4.99. The number of benzene rings is 1. The molecule has 3 rings (SSSR count). The molecule has 2 aromatic rings. The van der Waals surface area contributed by atoms with Crippen LogP contribution in [-0.2, 0) is 6.42 Å². The van der Waals surface area contributed by atoms with Gasteiger partial charge in [-0.2, -0.15) is 5.10 Å². The van der Waals surface area contributed by atoms with E-state index in [4.69, 9.17) is 0 Å². The Kier molecular flexibility index (Phi) is 3.42. The third-order valence-corrected chi connectivity index (χ3v) is 3.62. The molecule has 3 nitrogen and oxygen atoms in total. The quantitative estimate of drug-likeness (QED) is 0.894. The minimum Gasteiger partial charge on any atom is -0.316 e. The molecule has 2 heterocycles. The fourth-order valence-corrected chi connectivity index (χ4v) is 2.68. The predicted molar refractivity (Wildman–Crippen MR) is 72.9 cm³/mol. The van der Waals surface area contributed by atoms with Crippen molar-refractivity contribution in [2.45, 2.75) is 19.3 Å².